The fourth-order valence-corrected chi connectivity index (χ4v) is 0.262. The van der Waals surface area contributed by atoms with Gasteiger partial charge in [-0.25, -0.2) is 10.9 Å². The van der Waals surface area contributed by atoms with Crippen molar-refractivity contribution in [3.05, 3.63) is 0 Å². The van der Waals surface area contributed by atoms with Gasteiger partial charge in [0.2, 0.25) is 11.9 Å². The Kier molecular flexibility index (Phi) is 11.2. The second kappa shape index (κ2) is 10.9. The Bertz CT molecular complexity index is 194. The summed E-state index contributed by atoms with van der Waals surface area (Å²) in [5.74, 6) is 0.546. The molecule has 0 aromatic rings. The van der Waals surface area contributed by atoms with Crippen molar-refractivity contribution >= 4 is 25.4 Å². The number of guanidine groups is 2. The van der Waals surface area contributed by atoms with Gasteiger partial charge >= 0.3 is 0 Å². The largest absolute Gasteiger partial charge is 0.369 e. The Hall–Kier alpha value is -2.12. The molecule has 14 heavy (non-hydrogen) atoms. The molecule has 0 unspecified atom stereocenters. The van der Waals surface area contributed by atoms with Gasteiger partial charge in [0.1, 0.15) is 0 Å². The van der Waals surface area contributed by atoms with Crippen molar-refractivity contribution in [3.8, 4) is 0 Å². The van der Waals surface area contributed by atoms with E-state index in [1.807, 2.05) is 0 Å². The SMILES string of the molecule is C=NNC(N)=NC.C=NNC(N)=NC. The molecular formula is C6H16N8. The van der Waals surface area contributed by atoms with E-state index in [4.69, 9.17) is 11.5 Å². The standard InChI is InChI=1S/2C3H8N4/c2*1-5-3(4)7-6-2/h2*2H2,1H3,(H3,4,5,7). The third kappa shape index (κ3) is 12.5. The third-order valence-electron chi connectivity index (χ3n) is 0.869. The van der Waals surface area contributed by atoms with Crippen LogP contribution in [0.15, 0.2) is 20.2 Å². The molecule has 0 rings (SSSR count). The van der Waals surface area contributed by atoms with Crippen LogP contribution in [0.5, 0.6) is 0 Å². The average Bonchev–Trinajstić information content (AvgIpc) is 2.19. The minimum atomic E-state index is 0.273. The number of nitrogens with zero attached hydrogens (tertiary/aromatic N) is 4. The van der Waals surface area contributed by atoms with E-state index >= 15 is 0 Å². The number of aliphatic imine (C=N–C) groups is 2. The first-order valence-electron chi connectivity index (χ1n) is 3.50. The van der Waals surface area contributed by atoms with Crippen LogP contribution in [-0.2, 0) is 0 Å². The van der Waals surface area contributed by atoms with Crippen molar-refractivity contribution in [1.82, 2.24) is 10.9 Å². The minimum Gasteiger partial charge on any atom is -0.369 e. The van der Waals surface area contributed by atoms with Crippen molar-refractivity contribution in [2.24, 2.45) is 31.7 Å². The molecular weight excluding hydrogens is 184 g/mol. The van der Waals surface area contributed by atoms with Crippen LogP contribution >= 0.6 is 0 Å². The van der Waals surface area contributed by atoms with Gasteiger partial charge < -0.3 is 11.5 Å². The highest BCUT2D eigenvalue weighted by atomic mass is 15.3. The highest BCUT2D eigenvalue weighted by Crippen LogP contribution is 1.54. The molecule has 0 spiro atoms. The van der Waals surface area contributed by atoms with E-state index in [-0.39, 0.29) is 11.9 Å². The number of nitrogens with two attached hydrogens (primary N) is 2. The topological polar surface area (TPSA) is 126 Å². The maximum Gasteiger partial charge on any atom is 0.209 e. The summed E-state index contributed by atoms with van der Waals surface area (Å²) in [5.41, 5.74) is 14.9. The van der Waals surface area contributed by atoms with Crippen LogP contribution in [0.4, 0.5) is 0 Å². The van der Waals surface area contributed by atoms with Crippen molar-refractivity contribution < 1.29 is 0 Å². The van der Waals surface area contributed by atoms with E-state index in [9.17, 15) is 0 Å². The second-order valence-electron chi connectivity index (χ2n) is 1.76. The number of rotatable bonds is 2. The van der Waals surface area contributed by atoms with Crippen molar-refractivity contribution in [2.75, 3.05) is 14.1 Å². The highest BCUT2D eigenvalue weighted by Gasteiger charge is 1.76. The summed E-state index contributed by atoms with van der Waals surface area (Å²) in [6.45, 7) is 6.25. The Morgan fingerprint density at radius 3 is 1.29 bits per heavy atom. The van der Waals surface area contributed by atoms with E-state index < -0.39 is 0 Å². The smallest absolute Gasteiger partial charge is 0.209 e. The van der Waals surface area contributed by atoms with E-state index in [2.05, 4.69) is 44.5 Å². The summed E-state index contributed by atoms with van der Waals surface area (Å²) in [6.07, 6.45) is 0. The monoisotopic (exact) mass is 200 g/mol. The van der Waals surface area contributed by atoms with Gasteiger partial charge in [-0.2, -0.15) is 10.2 Å². The molecule has 8 nitrogen and oxygen atoms in total. The molecule has 0 bridgehead atoms. The highest BCUT2D eigenvalue weighted by molar-refractivity contribution is 5.77. The van der Waals surface area contributed by atoms with Gasteiger partial charge in [0.15, 0.2) is 0 Å². The predicted molar refractivity (Wildman–Crippen MR) is 60.5 cm³/mol. The summed E-state index contributed by atoms with van der Waals surface area (Å²) in [6, 6.07) is 0. The van der Waals surface area contributed by atoms with E-state index in [0.717, 1.165) is 0 Å². The van der Waals surface area contributed by atoms with Crippen LogP contribution in [0.2, 0.25) is 0 Å². The summed E-state index contributed by atoms with van der Waals surface area (Å²) < 4.78 is 0. The fraction of sp³-hybridized carbons (Fsp3) is 0.333. The maximum atomic E-state index is 5.09. The van der Waals surface area contributed by atoms with Crippen molar-refractivity contribution in [3.63, 3.8) is 0 Å². The summed E-state index contributed by atoms with van der Waals surface area (Å²) >= 11 is 0. The second-order valence-corrected chi connectivity index (χ2v) is 1.76. The number of hydrazone groups is 2. The quantitative estimate of drug-likeness (QED) is 0.240. The van der Waals surface area contributed by atoms with Crippen LogP contribution < -0.4 is 22.3 Å². The Morgan fingerprint density at radius 1 is 0.929 bits per heavy atom. The molecule has 0 fully saturated rings. The van der Waals surface area contributed by atoms with Crippen LogP contribution in [-0.4, -0.2) is 39.4 Å². The Labute approximate surface area is 82.9 Å². The van der Waals surface area contributed by atoms with Crippen LogP contribution in [0, 0.1) is 0 Å². The summed E-state index contributed by atoms with van der Waals surface area (Å²) in [7, 11) is 3.13. The van der Waals surface area contributed by atoms with E-state index in [1.165, 1.54) is 0 Å². The molecule has 0 saturated carbocycles. The van der Waals surface area contributed by atoms with Gasteiger partial charge in [0, 0.05) is 27.5 Å². The molecule has 0 amide bonds. The number of hydrogen-bond acceptors (Lipinski definition) is 4. The van der Waals surface area contributed by atoms with Crippen LogP contribution in [0.3, 0.4) is 0 Å². The molecule has 0 aromatic carbocycles. The zero-order chi connectivity index (χ0) is 11.4. The molecule has 0 aromatic heterocycles. The zero-order valence-corrected chi connectivity index (χ0v) is 8.36. The lowest BCUT2D eigenvalue weighted by Crippen LogP contribution is -2.26. The van der Waals surface area contributed by atoms with Crippen LogP contribution in [0.1, 0.15) is 0 Å². The van der Waals surface area contributed by atoms with Crippen molar-refractivity contribution in [2.45, 2.75) is 0 Å². The third-order valence-corrected chi connectivity index (χ3v) is 0.869. The summed E-state index contributed by atoms with van der Waals surface area (Å²) in [5, 5.41) is 6.50. The summed E-state index contributed by atoms with van der Waals surface area (Å²) in [4.78, 5) is 7.06. The van der Waals surface area contributed by atoms with Gasteiger partial charge in [0.25, 0.3) is 0 Å². The first-order chi connectivity index (χ1) is 6.62. The fourth-order valence-electron chi connectivity index (χ4n) is 0.262. The molecule has 0 radical (unpaired) electrons. The van der Waals surface area contributed by atoms with Gasteiger partial charge in [-0.3, -0.25) is 9.98 Å². The zero-order valence-electron chi connectivity index (χ0n) is 8.36. The molecule has 6 N–H and O–H groups in total. The average molecular weight is 200 g/mol. The number of hydrogen-bond donors (Lipinski definition) is 4. The molecule has 80 valence electrons. The van der Waals surface area contributed by atoms with Gasteiger partial charge in [-0.1, -0.05) is 0 Å². The molecule has 8 heteroatoms. The Morgan fingerprint density at radius 2 is 1.21 bits per heavy atom. The first kappa shape index (κ1) is 14.4. The minimum absolute atomic E-state index is 0.273. The lowest BCUT2D eigenvalue weighted by atomic mass is 11.0. The van der Waals surface area contributed by atoms with Gasteiger partial charge in [0.05, 0.1) is 0 Å². The molecule has 0 atom stereocenters. The van der Waals surface area contributed by atoms with Crippen LogP contribution in [0.25, 0.3) is 0 Å². The maximum absolute atomic E-state index is 5.09. The molecule has 0 aliphatic heterocycles. The predicted octanol–water partition coefficient (Wildman–Crippen LogP) is -1.73. The molecule has 0 aliphatic carbocycles. The van der Waals surface area contributed by atoms with Gasteiger partial charge in [-0.05, 0) is 0 Å². The molecule has 0 saturated heterocycles. The van der Waals surface area contributed by atoms with E-state index in [0.29, 0.717) is 0 Å². The Balaban J connectivity index is 0. The van der Waals surface area contributed by atoms with E-state index in [1.54, 1.807) is 14.1 Å². The normalized spacial score (nSPS) is 10.7. The molecule has 0 aliphatic rings. The number of nitrogens with one attached hydrogen (secondary N) is 2. The molecule has 0 heterocycles. The first-order valence-corrected chi connectivity index (χ1v) is 3.50. The lowest BCUT2D eigenvalue weighted by molar-refractivity contribution is 1.01. The lowest BCUT2D eigenvalue weighted by Gasteiger charge is -1.91. The van der Waals surface area contributed by atoms with Crippen molar-refractivity contribution in [1.29, 1.82) is 0 Å². The van der Waals surface area contributed by atoms with Gasteiger partial charge in [-0.15, -0.1) is 0 Å².